The van der Waals surface area contributed by atoms with E-state index < -0.39 is 0 Å². The normalized spacial score (nSPS) is 12.4. The van der Waals surface area contributed by atoms with Gasteiger partial charge in [-0.2, -0.15) is 0 Å². The van der Waals surface area contributed by atoms with E-state index in [-0.39, 0.29) is 0 Å². The van der Waals surface area contributed by atoms with Crippen LogP contribution in [0.4, 0.5) is 0 Å². The zero-order valence-corrected chi connectivity index (χ0v) is 11.9. The van der Waals surface area contributed by atoms with Gasteiger partial charge in [-0.15, -0.1) is 0 Å². The van der Waals surface area contributed by atoms with Gasteiger partial charge in [0.1, 0.15) is 0 Å². The van der Waals surface area contributed by atoms with Crippen molar-refractivity contribution in [3.05, 3.63) is 11.6 Å². The molecule has 0 heterocycles. The van der Waals surface area contributed by atoms with Crippen molar-refractivity contribution in [2.75, 3.05) is 20.1 Å². The van der Waals surface area contributed by atoms with E-state index in [9.17, 15) is 0 Å². The summed E-state index contributed by atoms with van der Waals surface area (Å²) in [6, 6.07) is 0. The lowest BCUT2D eigenvalue weighted by molar-refractivity contribution is 0.355. The van der Waals surface area contributed by atoms with Crippen LogP contribution in [0, 0.1) is 0 Å². The Kier molecular flexibility index (Phi) is 11.0. The lowest BCUT2D eigenvalue weighted by Gasteiger charge is -2.15. The van der Waals surface area contributed by atoms with Crippen LogP contribution in [0.2, 0.25) is 0 Å². The average molecular weight is 225 g/mol. The second-order valence-electron chi connectivity index (χ2n) is 4.73. The maximum Gasteiger partial charge on any atom is 0.00154 e. The first-order valence-corrected chi connectivity index (χ1v) is 7.11. The number of nitrogens with zero attached hydrogens (tertiary/aromatic N) is 1. The largest absolute Gasteiger partial charge is 0.306 e. The summed E-state index contributed by atoms with van der Waals surface area (Å²) in [5, 5.41) is 0. The SMILES string of the molecule is CC/C=C(\CCCCCC)CCN(C)CC. The quantitative estimate of drug-likeness (QED) is 0.387. The average Bonchev–Trinajstić information content (AvgIpc) is 2.30. The molecule has 0 aromatic rings. The van der Waals surface area contributed by atoms with Crippen molar-refractivity contribution in [1.29, 1.82) is 0 Å². The van der Waals surface area contributed by atoms with Crippen LogP contribution in [0.1, 0.15) is 65.7 Å². The van der Waals surface area contributed by atoms with Crippen LogP contribution in [0.3, 0.4) is 0 Å². The Labute approximate surface area is 103 Å². The molecule has 0 fully saturated rings. The topological polar surface area (TPSA) is 3.24 Å². The summed E-state index contributed by atoms with van der Waals surface area (Å²) in [5.74, 6) is 0. The van der Waals surface area contributed by atoms with E-state index in [2.05, 4.69) is 38.8 Å². The minimum absolute atomic E-state index is 1.16. The van der Waals surface area contributed by atoms with Gasteiger partial charge in [0.25, 0.3) is 0 Å². The molecule has 0 rings (SSSR count). The number of allylic oxidation sites excluding steroid dienone is 1. The van der Waals surface area contributed by atoms with Gasteiger partial charge < -0.3 is 4.90 Å². The lowest BCUT2D eigenvalue weighted by atomic mass is 10.0. The van der Waals surface area contributed by atoms with Crippen molar-refractivity contribution < 1.29 is 0 Å². The Morgan fingerprint density at radius 1 is 1.00 bits per heavy atom. The second kappa shape index (κ2) is 11.2. The predicted molar refractivity (Wildman–Crippen MR) is 74.9 cm³/mol. The molecule has 0 aromatic heterocycles. The van der Waals surface area contributed by atoms with E-state index in [4.69, 9.17) is 0 Å². The molecule has 0 atom stereocenters. The van der Waals surface area contributed by atoms with Gasteiger partial charge in [-0.05, 0) is 39.3 Å². The fraction of sp³-hybridized carbons (Fsp3) is 0.867. The molecular formula is C15H31N. The molecule has 0 spiro atoms. The van der Waals surface area contributed by atoms with Gasteiger partial charge in [0.2, 0.25) is 0 Å². The molecule has 0 radical (unpaired) electrons. The zero-order chi connectivity index (χ0) is 12.2. The van der Waals surface area contributed by atoms with Crippen molar-refractivity contribution in [2.45, 2.75) is 65.7 Å². The van der Waals surface area contributed by atoms with Gasteiger partial charge in [0.05, 0.1) is 0 Å². The highest BCUT2D eigenvalue weighted by atomic mass is 15.1. The summed E-state index contributed by atoms with van der Waals surface area (Å²) >= 11 is 0. The van der Waals surface area contributed by atoms with E-state index in [1.165, 1.54) is 51.5 Å². The van der Waals surface area contributed by atoms with Gasteiger partial charge in [-0.1, -0.05) is 51.7 Å². The molecule has 1 nitrogen and oxygen atoms in total. The monoisotopic (exact) mass is 225 g/mol. The van der Waals surface area contributed by atoms with Crippen LogP contribution in [0.5, 0.6) is 0 Å². The second-order valence-corrected chi connectivity index (χ2v) is 4.73. The molecule has 0 aromatic carbocycles. The van der Waals surface area contributed by atoms with Crippen LogP contribution in [-0.4, -0.2) is 25.0 Å². The molecule has 0 aliphatic carbocycles. The summed E-state index contributed by atoms with van der Waals surface area (Å²) in [5.41, 5.74) is 1.68. The summed E-state index contributed by atoms with van der Waals surface area (Å²) < 4.78 is 0. The van der Waals surface area contributed by atoms with Gasteiger partial charge in [-0.25, -0.2) is 0 Å². The Morgan fingerprint density at radius 3 is 2.31 bits per heavy atom. The number of unbranched alkanes of at least 4 members (excludes halogenated alkanes) is 3. The molecule has 0 aliphatic heterocycles. The van der Waals surface area contributed by atoms with Gasteiger partial charge in [0.15, 0.2) is 0 Å². The minimum Gasteiger partial charge on any atom is -0.306 e. The highest BCUT2D eigenvalue weighted by Crippen LogP contribution is 2.14. The molecule has 0 saturated heterocycles. The smallest absolute Gasteiger partial charge is 0.00154 e. The van der Waals surface area contributed by atoms with Crippen molar-refractivity contribution in [1.82, 2.24) is 4.90 Å². The lowest BCUT2D eigenvalue weighted by Crippen LogP contribution is -2.19. The third kappa shape index (κ3) is 8.96. The van der Waals surface area contributed by atoms with E-state index >= 15 is 0 Å². The van der Waals surface area contributed by atoms with Crippen LogP contribution < -0.4 is 0 Å². The molecule has 0 amide bonds. The first-order chi connectivity index (χ1) is 7.74. The predicted octanol–water partition coefficient (Wildman–Crippen LogP) is 4.64. The molecule has 16 heavy (non-hydrogen) atoms. The van der Waals surface area contributed by atoms with Gasteiger partial charge in [-0.3, -0.25) is 0 Å². The first-order valence-electron chi connectivity index (χ1n) is 7.11. The zero-order valence-electron chi connectivity index (χ0n) is 11.9. The van der Waals surface area contributed by atoms with E-state index in [1.54, 1.807) is 5.57 Å². The van der Waals surface area contributed by atoms with E-state index in [0.717, 1.165) is 6.54 Å². The van der Waals surface area contributed by atoms with Crippen molar-refractivity contribution in [3.8, 4) is 0 Å². The van der Waals surface area contributed by atoms with Crippen molar-refractivity contribution in [2.24, 2.45) is 0 Å². The highest BCUT2D eigenvalue weighted by molar-refractivity contribution is 5.02. The molecule has 1 heteroatoms. The van der Waals surface area contributed by atoms with Crippen LogP contribution >= 0.6 is 0 Å². The van der Waals surface area contributed by atoms with Gasteiger partial charge in [0, 0.05) is 6.54 Å². The molecule has 0 unspecified atom stereocenters. The van der Waals surface area contributed by atoms with Crippen LogP contribution in [0.15, 0.2) is 11.6 Å². The number of rotatable bonds is 10. The summed E-state index contributed by atoms with van der Waals surface area (Å²) in [6.07, 6.45) is 11.8. The fourth-order valence-electron chi connectivity index (χ4n) is 1.89. The number of hydrogen-bond donors (Lipinski definition) is 0. The number of hydrogen-bond acceptors (Lipinski definition) is 1. The molecule has 0 N–H and O–H groups in total. The third-order valence-corrected chi connectivity index (χ3v) is 3.20. The van der Waals surface area contributed by atoms with Crippen molar-refractivity contribution in [3.63, 3.8) is 0 Å². The summed E-state index contributed by atoms with van der Waals surface area (Å²) in [4.78, 5) is 2.40. The molecule has 96 valence electrons. The third-order valence-electron chi connectivity index (χ3n) is 3.20. The Morgan fingerprint density at radius 2 is 1.75 bits per heavy atom. The Bertz CT molecular complexity index is 172. The van der Waals surface area contributed by atoms with E-state index in [1.807, 2.05) is 0 Å². The first kappa shape index (κ1) is 15.7. The maximum atomic E-state index is 2.44. The fourth-order valence-corrected chi connectivity index (χ4v) is 1.89. The molecule has 0 bridgehead atoms. The minimum atomic E-state index is 1.16. The molecule has 0 saturated carbocycles. The van der Waals surface area contributed by atoms with E-state index in [0.29, 0.717) is 0 Å². The molecule has 0 aliphatic rings. The standard InChI is InChI=1S/C15H31N/c1-5-8-9-10-12-15(11-6-2)13-14-16(4)7-3/h11H,5-10,12-14H2,1-4H3/b15-11+. The Balaban J connectivity index is 3.76. The van der Waals surface area contributed by atoms with Crippen LogP contribution in [-0.2, 0) is 0 Å². The Hall–Kier alpha value is -0.300. The van der Waals surface area contributed by atoms with Crippen molar-refractivity contribution >= 4 is 0 Å². The summed E-state index contributed by atoms with van der Waals surface area (Å²) in [6.45, 7) is 9.13. The molecular weight excluding hydrogens is 194 g/mol. The highest BCUT2D eigenvalue weighted by Gasteiger charge is 2.00. The maximum absolute atomic E-state index is 2.44. The van der Waals surface area contributed by atoms with Gasteiger partial charge >= 0.3 is 0 Å². The summed E-state index contributed by atoms with van der Waals surface area (Å²) in [7, 11) is 2.21. The van der Waals surface area contributed by atoms with Crippen LogP contribution in [0.25, 0.3) is 0 Å².